The lowest BCUT2D eigenvalue weighted by Crippen LogP contribution is -2.48. The molecule has 3 N–H and O–H groups in total. The van der Waals surface area contributed by atoms with E-state index in [1.54, 1.807) is 13.8 Å². The van der Waals surface area contributed by atoms with Crippen LogP contribution in [0.2, 0.25) is 0 Å². The quantitative estimate of drug-likeness (QED) is 0.450. The topological polar surface area (TPSA) is 64.3 Å². The van der Waals surface area contributed by atoms with Gasteiger partial charge in [0, 0.05) is 0 Å². The van der Waals surface area contributed by atoms with E-state index >= 15 is 0 Å². The minimum Gasteiger partial charge on any atom is -0.468 e. The van der Waals surface area contributed by atoms with E-state index < -0.39 is 5.54 Å². The van der Waals surface area contributed by atoms with Gasteiger partial charge in [0.25, 0.3) is 0 Å². The molecule has 0 bridgehead atoms. The number of methoxy groups -OCH3 is 1. The van der Waals surface area contributed by atoms with Gasteiger partial charge < -0.3 is 15.8 Å². The highest BCUT2D eigenvalue weighted by atomic mass is 16.5. The van der Waals surface area contributed by atoms with Crippen molar-refractivity contribution < 1.29 is 9.53 Å². The molecule has 0 saturated carbocycles. The van der Waals surface area contributed by atoms with Crippen molar-refractivity contribution in [2.24, 2.45) is 5.73 Å². The first-order valence-electron chi connectivity index (χ1n) is 4.08. The van der Waals surface area contributed by atoms with Gasteiger partial charge in [-0.3, -0.25) is 4.79 Å². The van der Waals surface area contributed by atoms with E-state index in [-0.39, 0.29) is 5.97 Å². The maximum Gasteiger partial charge on any atom is 0.325 e. The molecule has 0 rings (SSSR count). The fourth-order valence-electron chi connectivity index (χ4n) is 0.830. The van der Waals surface area contributed by atoms with E-state index in [0.717, 1.165) is 13.0 Å². The van der Waals surface area contributed by atoms with Crippen LogP contribution in [0.5, 0.6) is 0 Å². The normalized spacial score (nSPS) is 11.3. The van der Waals surface area contributed by atoms with Crippen LogP contribution in [-0.4, -0.2) is 31.7 Å². The summed E-state index contributed by atoms with van der Waals surface area (Å²) >= 11 is 0. The zero-order valence-electron chi connectivity index (χ0n) is 8.02. The average molecular weight is 174 g/mol. The number of rotatable bonds is 5. The van der Waals surface area contributed by atoms with E-state index in [0.29, 0.717) is 6.54 Å². The van der Waals surface area contributed by atoms with E-state index in [1.807, 2.05) is 0 Å². The molecule has 0 aliphatic carbocycles. The number of carbonyl (C=O) groups is 1. The summed E-state index contributed by atoms with van der Waals surface area (Å²) in [6.07, 6.45) is 0.862. The molecule has 0 unspecified atom stereocenters. The molecule has 0 aromatic heterocycles. The molecule has 0 spiro atoms. The van der Waals surface area contributed by atoms with Gasteiger partial charge in [-0.05, 0) is 33.4 Å². The minimum absolute atomic E-state index is 0.250. The molecule has 0 fully saturated rings. The number of hydrogen-bond acceptors (Lipinski definition) is 4. The van der Waals surface area contributed by atoms with Crippen LogP contribution in [0.15, 0.2) is 0 Å². The second-order valence-corrected chi connectivity index (χ2v) is 3.19. The first kappa shape index (κ1) is 11.4. The lowest BCUT2D eigenvalue weighted by atomic mass is 10.1. The summed E-state index contributed by atoms with van der Waals surface area (Å²) in [7, 11) is 1.38. The van der Waals surface area contributed by atoms with Crippen LogP contribution in [0.25, 0.3) is 0 Å². The first-order valence-corrected chi connectivity index (χ1v) is 4.08. The number of carbonyl (C=O) groups excluding carboxylic acids is 1. The minimum atomic E-state index is -0.607. The summed E-state index contributed by atoms with van der Waals surface area (Å²) in [5.74, 6) is -0.250. The lowest BCUT2D eigenvalue weighted by molar-refractivity contribution is -0.147. The van der Waals surface area contributed by atoms with Crippen molar-refractivity contribution in [1.82, 2.24) is 5.32 Å². The van der Waals surface area contributed by atoms with Crippen LogP contribution in [0.3, 0.4) is 0 Å². The van der Waals surface area contributed by atoms with Crippen LogP contribution in [0.4, 0.5) is 0 Å². The van der Waals surface area contributed by atoms with Gasteiger partial charge in [-0.15, -0.1) is 0 Å². The van der Waals surface area contributed by atoms with E-state index in [2.05, 4.69) is 10.1 Å². The fourth-order valence-corrected chi connectivity index (χ4v) is 0.830. The van der Waals surface area contributed by atoms with Crippen LogP contribution in [-0.2, 0) is 9.53 Å². The summed E-state index contributed by atoms with van der Waals surface area (Å²) in [6.45, 7) is 4.94. The molecule has 0 atom stereocenters. The van der Waals surface area contributed by atoms with Crippen LogP contribution in [0.1, 0.15) is 20.3 Å². The van der Waals surface area contributed by atoms with E-state index in [9.17, 15) is 4.79 Å². The zero-order chi connectivity index (χ0) is 9.61. The van der Waals surface area contributed by atoms with Crippen LogP contribution < -0.4 is 11.1 Å². The summed E-state index contributed by atoms with van der Waals surface area (Å²) < 4.78 is 4.61. The molecule has 0 aliphatic rings. The molecule has 0 aromatic carbocycles. The molecule has 12 heavy (non-hydrogen) atoms. The molecule has 0 amide bonds. The van der Waals surface area contributed by atoms with Crippen molar-refractivity contribution >= 4 is 5.97 Å². The SMILES string of the molecule is COC(=O)C(C)(C)NCCCN. The summed E-state index contributed by atoms with van der Waals surface area (Å²) in [4.78, 5) is 11.1. The molecule has 0 saturated heterocycles. The number of esters is 1. The third kappa shape index (κ3) is 3.69. The van der Waals surface area contributed by atoms with Gasteiger partial charge in [-0.1, -0.05) is 0 Å². The summed E-state index contributed by atoms with van der Waals surface area (Å²) in [5, 5.41) is 3.06. The maximum absolute atomic E-state index is 11.1. The molecule has 72 valence electrons. The van der Waals surface area contributed by atoms with Crippen molar-refractivity contribution in [3.05, 3.63) is 0 Å². The Hall–Kier alpha value is -0.610. The smallest absolute Gasteiger partial charge is 0.325 e. The fraction of sp³-hybridized carbons (Fsp3) is 0.875. The Bertz CT molecular complexity index is 146. The van der Waals surface area contributed by atoms with Gasteiger partial charge >= 0.3 is 5.97 Å². The number of nitrogens with one attached hydrogen (secondary N) is 1. The maximum atomic E-state index is 11.1. The molecular formula is C8H18N2O2. The predicted molar refractivity (Wildman–Crippen MR) is 47.8 cm³/mol. The molecular weight excluding hydrogens is 156 g/mol. The number of nitrogens with two attached hydrogens (primary N) is 1. The highest BCUT2D eigenvalue weighted by Gasteiger charge is 2.27. The van der Waals surface area contributed by atoms with Crippen molar-refractivity contribution in [1.29, 1.82) is 0 Å². The third-order valence-corrected chi connectivity index (χ3v) is 1.64. The largest absolute Gasteiger partial charge is 0.468 e. The van der Waals surface area contributed by atoms with Gasteiger partial charge in [-0.25, -0.2) is 0 Å². The average Bonchev–Trinajstić information content (AvgIpc) is 2.03. The van der Waals surface area contributed by atoms with Crippen LogP contribution in [0, 0.1) is 0 Å². The van der Waals surface area contributed by atoms with Gasteiger partial charge in [0.05, 0.1) is 7.11 Å². The Labute approximate surface area is 73.5 Å². The van der Waals surface area contributed by atoms with Crippen molar-refractivity contribution in [3.63, 3.8) is 0 Å². The van der Waals surface area contributed by atoms with E-state index in [4.69, 9.17) is 5.73 Å². The van der Waals surface area contributed by atoms with Crippen molar-refractivity contribution in [3.8, 4) is 0 Å². The Morgan fingerprint density at radius 2 is 2.17 bits per heavy atom. The molecule has 4 heteroatoms. The lowest BCUT2D eigenvalue weighted by Gasteiger charge is -2.22. The standard InChI is InChI=1S/C8H18N2O2/c1-8(2,7(11)12-3)10-6-4-5-9/h10H,4-6,9H2,1-3H3. The van der Waals surface area contributed by atoms with Gasteiger partial charge in [0.15, 0.2) is 0 Å². The second kappa shape index (κ2) is 5.11. The van der Waals surface area contributed by atoms with Crippen molar-refractivity contribution in [2.45, 2.75) is 25.8 Å². The Morgan fingerprint density at radius 1 is 1.58 bits per heavy atom. The summed E-state index contributed by atoms with van der Waals surface area (Å²) in [6, 6.07) is 0. The number of hydrogen-bond donors (Lipinski definition) is 2. The van der Waals surface area contributed by atoms with Crippen molar-refractivity contribution in [2.75, 3.05) is 20.2 Å². The van der Waals surface area contributed by atoms with Crippen LogP contribution >= 0.6 is 0 Å². The first-order chi connectivity index (χ1) is 5.54. The van der Waals surface area contributed by atoms with Gasteiger partial charge in [0.2, 0.25) is 0 Å². The Morgan fingerprint density at radius 3 is 2.58 bits per heavy atom. The van der Waals surface area contributed by atoms with E-state index in [1.165, 1.54) is 7.11 Å². The molecule has 0 aliphatic heterocycles. The monoisotopic (exact) mass is 174 g/mol. The van der Waals surface area contributed by atoms with Gasteiger partial charge in [0.1, 0.15) is 5.54 Å². The highest BCUT2D eigenvalue weighted by Crippen LogP contribution is 2.03. The Kier molecular flexibility index (Phi) is 4.85. The predicted octanol–water partition coefficient (Wildman–Crippen LogP) is -0.124. The summed E-state index contributed by atoms with van der Waals surface area (Å²) in [5.41, 5.74) is 4.70. The number of ether oxygens (including phenoxy) is 1. The molecule has 4 nitrogen and oxygen atoms in total. The zero-order valence-corrected chi connectivity index (χ0v) is 8.02. The second-order valence-electron chi connectivity index (χ2n) is 3.19. The molecule has 0 radical (unpaired) electrons. The third-order valence-electron chi connectivity index (χ3n) is 1.64. The van der Waals surface area contributed by atoms with Gasteiger partial charge in [-0.2, -0.15) is 0 Å². The Balaban J connectivity index is 3.78. The highest BCUT2D eigenvalue weighted by molar-refractivity contribution is 5.79. The molecule has 0 aromatic rings. The molecule has 0 heterocycles.